The van der Waals surface area contributed by atoms with E-state index in [1.807, 2.05) is 18.7 Å². The summed E-state index contributed by atoms with van der Waals surface area (Å²) in [4.78, 5) is 28.1. The van der Waals surface area contributed by atoms with Gasteiger partial charge in [-0.1, -0.05) is 33.1 Å². The number of piperidine rings is 2. The Hall–Kier alpha value is -1.21. The molecule has 3 aliphatic rings. The van der Waals surface area contributed by atoms with E-state index in [4.69, 9.17) is 0 Å². The van der Waals surface area contributed by atoms with E-state index in [-0.39, 0.29) is 17.9 Å². The fraction of sp³-hybridized carbons (Fsp3) is 0.950. The van der Waals surface area contributed by atoms with Gasteiger partial charge in [-0.15, -0.1) is 4.91 Å². The Morgan fingerprint density at radius 3 is 2.15 bits per heavy atom. The summed E-state index contributed by atoms with van der Waals surface area (Å²) in [5, 5.41) is 4.92. The van der Waals surface area contributed by atoms with Gasteiger partial charge in [-0.2, -0.15) is 5.12 Å². The third-order valence-electron chi connectivity index (χ3n) is 6.64. The molecular weight excluding hydrogens is 342 g/mol. The van der Waals surface area contributed by atoms with Crippen molar-refractivity contribution in [3.05, 3.63) is 4.91 Å². The van der Waals surface area contributed by atoms with Crippen LogP contribution in [0.25, 0.3) is 0 Å². The first-order valence-corrected chi connectivity index (χ1v) is 11.0. The van der Waals surface area contributed by atoms with Crippen molar-refractivity contribution in [3.8, 4) is 0 Å². The molecule has 1 N–H and O–H groups in total. The summed E-state index contributed by atoms with van der Waals surface area (Å²) in [7, 11) is 0. The molecule has 1 amide bonds. The molecule has 7 nitrogen and oxygen atoms in total. The van der Waals surface area contributed by atoms with Crippen LogP contribution >= 0.6 is 0 Å². The first-order valence-electron chi connectivity index (χ1n) is 11.0. The van der Waals surface area contributed by atoms with Gasteiger partial charge >= 0.3 is 0 Å². The lowest BCUT2D eigenvalue weighted by molar-refractivity contribution is -0.136. The molecule has 0 radical (unpaired) electrons. The van der Waals surface area contributed by atoms with Crippen molar-refractivity contribution >= 4 is 5.91 Å². The van der Waals surface area contributed by atoms with Gasteiger partial charge in [0.15, 0.2) is 0 Å². The van der Waals surface area contributed by atoms with Crippen molar-refractivity contribution in [1.82, 2.24) is 20.3 Å². The number of nitrogens with one attached hydrogen (secondary N) is 1. The second-order valence-corrected chi connectivity index (χ2v) is 8.87. The van der Waals surface area contributed by atoms with E-state index in [1.165, 1.54) is 19.3 Å². The van der Waals surface area contributed by atoms with E-state index in [0.717, 1.165) is 64.7 Å². The number of carbonyl (C=O) groups excluding carboxylic acids is 1. The molecule has 154 valence electrons. The molecule has 3 fully saturated rings. The lowest BCUT2D eigenvalue weighted by Gasteiger charge is -2.43. The van der Waals surface area contributed by atoms with E-state index >= 15 is 0 Å². The Balaban J connectivity index is 1.42. The highest BCUT2D eigenvalue weighted by atomic mass is 16.3. The third-order valence-corrected chi connectivity index (χ3v) is 6.64. The second kappa shape index (κ2) is 9.82. The Morgan fingerprint density at radius 1 is 0.963 bits per heavy atom. The predicted octanol–water partition coefficient (Wildman–Crippen LogP) is 2.92. The molecule has 2 saturated heterocycles. The van der Waals surface area contributed by atoms with Crippen LogP contribution in [0.3, 0.4) is 0 Å². The normalized spacial score (nSPS) is 24.3. The van der Waals surface area contributed by atoms with Gasteiger partial charge in [0.2, 0.25) is 5.91 Å². The molecule has 1 saturated carbocycles. The molecule has 0 unspecified atom stereocenters. The fourth-order valence-electron chi connectivity index (χ4n) is 4.93. The van der Waals surface area contributed by atoms with Crippen molar-refractivity contribution in [2.45, 2.75) is 89.8 Å². The van der Waals surface area contributed by atoms with Gasteiger partial charge in [0.25, 0.3) is 0 Å². The van der Waals surface area contributed by atoms with E-state index in [9.17, 15) is 9.70 Å². The standard InChI is InChI=1S/C20H37N5O2/c1-16(2)20(26)24-14-8-18(9-15-24)23-12-10-19(11-13-23)25(22-27)21-17-6-4-3-5-7-17/h16-19,21H,3-15H2,1-2H3. The number of amides is 1. The number of nitrogens with zero attached hydrogens (tertiary/aromatic N) is 4. The highest BCUT2D eigenvalue weighted by Gasteiger charge is 2.32. The first-order chi connectivity index (χ1) is 13.1. The quantitative estimate of drug-likeness (QED) is 0.568. The van der Waals surface area contributed by atoms with Crippen LogP contribution in [0.15, 0.2) is 5.29 Å². The number of likely N-dealkylation sites (tertiary alicyclic amines) is 2. The summed E-state index contributed by atoms with van der Waals surface area (Å²) in [5.41, 5.74) is 3.39. The average molecular weight is 380 g/mol. The maximum atomic E-state index is 12.2. The van der Waals surface area contributed by atoms with Crippen LogP contribution in [0.4, 0.5) is 0 Å². The second-order valence-electron chi connectivity index (χ2n) is 8.87. The monoisotopic (exact) mass is 379 g/mol. The lowest BCUT2D eigenvalue weighted by atomic mass is 9.95. The third kappa shape index (κ3) is 5.41. The SMILES string of the molecule is CC(C)C(=O)N1CCC(N2CCC(N(N=O)NC3CCCCC3)CC2)CC1. The van der Waals surface area contributed by atoms with Gasteiger partial charge in [0.1, 0.15) is 0 Å². The Kier molecular flexibility index (Phi) is 7.47. The minimum Gasteiger partial charge on any atom is -0.342 e. The smallest absolute Gasteiger partial charge is 0.225 e. The first kappa shape index (κ1) is 20.5. The van der Waals surface area contributed by atoms with Gasteiger partial charge in [0.05, 0.1) is 11.3 Å². The van der Waals surface area contributed by atoms with Crippen LogP contribution in [0, 0.1) is 10.8 Å². The summed E-state index contributed by atoms with van der Waals surface area (Å²) in [6, 6.07) is 1.20. The largest absolute Gasteiger partial charge is 0.342 e. The minimum absolute atomic E-state index is 0.0933. The van der Waals surface area contributed by atoms with Gasteiger partial charge in [-0.25, -0.2) is 5.43 Å². The van der Waals surface area contributed by atoms with Gasteiger partial charge in [-0.3, -0.25) is 4.79 Å². The van der Waals surface area contributed by atoms with Crippen LogP contribution in [0.5, 0.6) is 0 Å². The van der Waals surface area contributed by atoms with Crippen molar-refractivity contribution in [3.63, 3.8) is 0 Å². The number of carbonyl (C=O) groups is 1. The molecule has 0 atom stereocenters. The Morgan fingerprint density at radius 2 is 1.59 bits per heavy atom. The molecule has 3 rings (SSSR count). The summed E-state index contributed by atoms with van der Waals surface area (Å²) >= 11 is 0. The van der Waals surface area contributed by atoms with Crippen LogP contribution in [0.2, 0.25) is 0 Å². The number of hydrogen-bond acceptors (Lipinski definition) is 5. The fourth-order valence-corrected chi connectivity index (χ4v) is 4.93. The number of rotatable bonds is 6. The Bertz CT molecular complexity index is 479. The summed E-state index contributed by atoms with van der Waals surface area (Å²) < 4.78 is 0. The molecule has 0 spiro atoms. The van der Waals surface area contributed by atoms with Crippen molar-refractivity contribution in [2.24, 2.45) is 11.2 Å². The highest BCUT2D eigenvalue weighted by Crippen LogP contribution is 2.25. The van der Waals surface area contributed by atoms with Gasteiger partial charge in [0, 0.05) is 44.2 Å². The average Bonchev–Trinajstić information content (AvgIpc) is 2.72. The molecule has 0 bridgehead atoms. The number of nitroso groups, excluding NO2 is 1. The molecule has 7 heteroatoms. The maximum Gasteiger partial charge on any atom is 0.225 e. The maximum absolute atomic E-state index is 12.2. The molecule has 0 aromatic heterocycles. The molecule has 1 aliphatic carbocycles. The topological polar surface area (TPSA) is 68.2 Å². The van der Waals surface area contributed by atoms with Crippen molar-refractivity contribution in [1.29, 1.82) is 0 Å². The number of hydrogen-bond donors (Lipinski definition) is 1. The van der Waals surface area contributed by atoms with E-state index in [1.54, 1.807) is 5.12 Å². The zero-order valence-corrected chi connectivity index (χ0v) is 17.1. The molecule has 27 heavy (non-hydrogen) atoms. The minimum atomic E-state index is 0.0933. The van der Waals surface area contributed by atoms with Crippen LogP contribution < -0.4 is 5.43 Å². The highest BCUT2D eigenvalue weighted by molar-refractivity contribution is 5.78. The van der Waals surface area contributed by atoms with Crippen LogP contribution in [-0.2, 0) is 4.79 Å². The summed E-state index contributed by atoms with van der Waals surface area (Å²) in [6.45, 7) is 7.76. The predicted molar refractivity (Wildman–Crippen MR) is 107 cm³/mol. The van der Waals surface area contributed by atoms with Gasteiger partial charge in [-0.05, 0) is 38.5 Å². The summed E-state index contributed by atoms with van der Waals surface area (Å²) in [6.07, 6.45) is 10.2. The van der Waals surface area contributed by atoms with E-state index in [2.05, 4.69) is 15.6 Å². The molecule has 2 aliphatic heterocycles. The van der Waals surface area contributed by atoms with Crippen molar-refractivity contribution < 1.29 is 4.79 Å². The van der Waals surface area contributed by atoms with E-state index in [0.29, 0.717) is 12.1 Å². The molecule has 2 heterocycles. The molecular formula is C20H37N5O2. The Labute approximate surface area is 163 Å². The van der Waals surface area contributed by atoms with Gasteiger partial charge < -0.3 is 9.80 Å². The zero-order valence-electron chi connectivity index (χ0n) is 17.1. The molecule has 0 aromatic rings. The lowest BCUT2D eigenvalue weighted by Crippen LogP contribution is -2.54. The zero-order chi connectivity index (χ0) is 19.2. The van der Waals surface area contributed by atoms with Crippen LogP contribution in [0.1, 0.15) is 71.6 Å². The van der Waals surface area contributed by atoms with Crippen molar-refractivity contribution in [2.75, 3.05) is 26.2 Å². The van der Waals surface area contributed by atoms with Crippen LogP contribution in [-0.4, -0.2) is 65.1 Å². The summed E-state index contributed by atoms with van der Waals surface area (Å²) in [5.74, 6) is 0.379. The molecule has 0 aromatic carbocycles. The number of hydrazine groups is 1. The van der Waals surface area contributed by atoms with E-state index < -0.39 is 0 Å².